The minimum absolute atomic E-state index is 0.170. The lowest BCUT2D eigenvalue weighted by molar-refractivity contribution is 0.291. The van der Waals surface area contributed by atoms with Gasteiger partial charge in [0.2, 0.25) is 0 Å². The van der Waals surface area contributed by atoms with Gasteiger partial charge < -0.3 is 10.1 Å². The van der Waals surface area contributed by atoms with Gasteiger partial charge in [0.1, 0.15) is 5.75 Å². The molecule has 2 heteroatoms. The van der Waals surface area contributed by atoms with Gasteiger partial charge in [0.15, 0.2) is 0 Å². The first kappa shape index (κ1) is 14.4. The van der Waals surface area contributed by atoms with Crippen LogP contribution in [0.1, 0.15) is 44.7 Å². The fraction of sp³-hybridized carbons (Fsp3) is 0.647. The van der Waals surface area contributed by atoms with Crippen LogP contribution >= 0.6 is 0 Å². The van der Waals surface area contributed by atoms with Crippen molar-refractivity contribution in [2.45, 2.75) is 45.4 Å². The van der Waals surface area contributed by atoms with Crippen molar-refractivity contribution >= 4 is 0 Å². The first-order chi connectivity index (χ1) is 9.03. The van der Waals surface area contributed by atoms with Crippen LogP contribution in [0.3, 0.4) is 0 Å². The summed E-state index contributed by atoms with van der Waals surface area (Å²) in [5.41, 5.74) is 3.00. The fourth-order valence-electron chi connectivity index (χ4n) is 2.67. The topological polar surface area (TPSA) is 21.3 Å². The standard InChI is InChI=1S/C17H27NO/c1-13(9-10-18-4)5-6-14-7-8-16-15(11-14)17(2,3)12-19-16/h7-8,11,13,18H,5-6,9-10,12H2,1-4H3. The monoisotopic (exact) mass is 261 g/mol. The number of nitrogens with one attached hydrogen (secondary N) is 1. The first-order valence-corrected chi connectivity index (χ1v) is 7.44. The van der Waals surface area contributed by atoms with Gasteiger partial charge in [0, 0.05) is 11.0 Å². The van der Waals surface area contributed by atoms with Gasteiger partial charge in [-0.1, -0.05) is 32.9 Å². The molecule has 0 radical (unpaired) electrons. The Balaban J connectivity index is 1.96. The number of aryl methyl sites for hydroxylation is 1. The molecule has 0 saturated carbocycles. The van der Waals surface area contributed by atoms with E-state index in [0.29, 0.717) is 0 Å². The number of ether oxygens (including phenoxy) is 1. The summed E-state index contributed by atoms with van der Waals surface area (Å²) in [6.07, 6.45) is 3.70. The van der Waals surface area contributed by atoms with E-state index in [-0.39, 0.29) is 5.41 Å². The predicted octanol–water partition coefficient (Wildman–Crippen LogP) is 3.53. The zero-order chi connectivity index (χ0) is 13.9. The van der Waals surface area contributed by atoms with E-state index in [0.717, 1.165) is 24.8 Å². The highest BCUT2D eigenvalue weighted by atomic mass is 16.5. The quantitative estimate of drug-likeness (QED) is 0.846. The Bertz CT molecular complexity index is 425. The zero-order valence-electron chi connectivity index (χ0n) is 12.8. The average molecular weight is 261 g/mol. The highest BCUT2D eigenvalue weighted by molar-refractivity contribution is 5.45. The Morgan fingerprint density at radius 1 is 1.32 bits per heavy atom. The lowest BCUT2D eigenvalue weighted by Gasteiger charge is -2.16. The minimum atomic E-state index is 0.170. The molecule has 0 saturated heterocycles. The maximum absolute atomic E-state index is 5.74. The van der Waals surface area contributed by atoms with Crippen molar-refractivity contribution in [1.29, 1.82) is 0 Å². The van der Waals surface area contributed by atoms with Crippen molar-refractivity contribution in [1.82, 2.24) is 5.32 Å². The Morgan fingerprint density at radius 2 is 2.11 bits per heavy atom. The van der Waals surface area contributed by atoms with Crippen molar-refractivity contribution in [3.63, 3.8) is 0 Å². The molecule has 1 atom stereocenters. The molecule has 1 aliphatic rings. The summed E-state index contributed by atoms with van der Waals surface area (Å²) < 4.78 is 5.74. The fourth-order valence-corrected chi connectivity index (χ4v) is 2.67. The molecule has 1 aliphatic heterocycles. The van der Waals surface area contributed by atoms with E-state index in [1.54, 1.807) is 0 Å². The summed E-state index contributed by atoms with van der Waals surface area (Å²) in [6.45, 7) is 8.80. The van der Waals surface area contributed by atoms with Crippen LogP contribution < -0.4 is 10.1 Å². The summed E-state index contributed by atoms with van der Waals surface area (Å²) in [7, 11) is 2.02. The maximum atomic E-state index is 5.74. The largest absolute Gasteiger partial charge is 0.492 e. The molecule has 0 bridgehead atoms. The smallest absolute Gasteiger partial charge is 0.123 e. The van der Waals surface area contributed by atoms with Gasteiger partial charge in [-0.05, 0) is 50.4 Å². The van der Waals surface area contributed by atoms with Crippen LogP contribution in [0.25, 0.3) is 0 Å². The molecular weight excluding hydrogens is 234 g/mol. The molecule has 1 unspecified atom stereocenters. The third kappa shape index (κ3) is 3.50. The number of rotatable bonds is 6. The highest BCUT2D eigenvalue weighted by Crippen LogP contribution is 2.38. The molecule has 0 spiro atoms. The second kappa shape index (κ2) is 5.96. The lowest BCUT2D eigenvalue weighted by Crippen LogP contribution is -2.18. The third-order valence-electron chi connectivity index (χ3n) is 4.17. The predicted molar refractivity (Wildman–Crippen MR) is 81.0 cm³/mol. The van der Waals surface area contributed by atoms with E-state index >= 15 is 0 Å². The average Bonchev–Trinajstić information content (AvgIpc) is 2.70. The molecule has 1 N–H and O–H groups in total. The van der Waals surface area contributed by atoms with E-state index in [1.165, 1.54) is 30.4 Å². The maximum Gasteiger partial charge on any atom is 0.123 e. The summed E-state index contributed by atoms with van der Waals surface area (Å²) in [5.74, 6) is 1.86. The SMILES string of the molecule is CNCCC(C)CCc1ccc2c(c1)C(C)(C)CO2. The number of hydrogen-bond acceptors (Lipinski definition) is 2. The first-order valence-electron chi connectivity index (χ1n) is 7.44. The molecule has 1 aromatic rings. The van der Waals surface area contributed by atoms with Gasteiger partial charge in [-0.2, -0.15) is 0 Å². The summed E-state index contributed by atoms with van der Waals surface area (Å²) >= 11 is 0. The van der Waals surface area contributed by atoms with Crippen LogP contribution in [-0.4, -0.2) is 20.2 Å². The van der Waals surface area contributed by atoms with Crippen molar-refractivity contribution < 1.29 is 4.74 Å². The molecule has 106 valence electrons. The van der Waals surface area contributed by atoms with Gasteiger partial charge in [-0.25, -0.2) is 0 Å². The molecular formula is C17H27NO. The van der Waals surface area contributed by atoms with Crippen LogP contribution in [0.5, 0.6) is 5.75 Å². The van der Waals surface area contributed by atoms with Crippen LogP contribution in [-0.2, 0) is 11.8 Å². The van der Waals surface area contributed by atoms with Crippen molar-refractivity contribution in [2.24, 2.45) is 5.92 Å². The van der Waals surface area contributed by atoms with E-state index in [1.807, 2.05) is 7.05 Å². The molecule has 0 amide bonds. The summed E-state index contributed by atoms with van der Waals surface area (Å²) in [5, 5.41) is 3.22. The van der Waals surface area contributed by atoms with E-state index < -0.39 is 0 Å². The van der Waals surface area contributed by atoms with Gasteiger partial charge in [-0.15, -0.1) is 0 Å². The summed E-state index contributed by atoms with van der Waals surface area (Å²) in [4.78, 5) is 0. The van der Waals surface area contributed by atoms with Crippen LogP contribution in [0.4, 0.5) is 0 Å². The van der Waals surface area contributed by atoms with Crippen LogP contribution in [0, 0.1) is 5.92 Å². The minimum Gasteiger partial charge on any atom is -0.492 e. The molecule has 0 fully saturated rings. The van der Waals surface area contributed by atoms with Crippen molar-refractivity contribution in [3.8, 4) is 5.75 Å². The van der Waals surface area contributed by atoms with E-state index in [9.17, 15) is 0 Å². The van der Waals surface area contributed by atoms with Crippen LogP contribution in [0.2, 0.25) is 0 Å². The highest BCUT2D eigenvalue weighted by Gasteiger charge is 2.31. The molecule has 1 heterocycles. The summed E-state index contributed by atoms with van der Waals surface area (Å²) in [6, 6.07) is 6.73. The molecule has 2 nitrogen and oxygen atoms in total. The Hall–Kier alpha value is -1.02. The second-order valence-electron chi connectivity index (χ2n) is 6.54. The molecule has 0 aliphatic carbocycles. The molecule has 19 heavy (non-hydrogen) atoms. The zero-order valence-corrected chi connectivity index (χ0v) is 12.8. The van der Waals surface area contributed by atoms with Gasteiger partial charge in [-0.3, -0.25) is 0 Å². The molecule has 0 aromatic heterocycles. The molecule has 2 rings (SSSR count). The number of fused-ring (bicyclic) bond motifs is 1. The molecule has 1 aromatic carbocycles. The Morgan fingerprint density at radius 3 is 2.84 bits per heavy atom. The van der Waals surface area contributed by atoms with Gasteiger partial charge >= 0.3 is 0 Å². The van der Waals surface area contributed by atoms with E-state index in [4.69, 9.17) is 4.74 Å². The van der Waals surface area contributed by atoms with E-state index in [2.05, 4.69) is 44.3 Å². The Labute approximate surface area is 117 Å². The normalized spacial score (nSPS) is 17.9. The van der Waals surface area contributed by atoms with Gasteiger partial charge in [0.25, 0.3) is 0 Å². The second-order valence-corrected chi connectivity index (χ2v) is 6.54. The number of benzene rings is 1. The van der Waals surface area contributed by atoms with Crippen molar-refractivity contribution in [3.05, 3.63) is 29.3 Å². The Kier molecular flexibility index (Phi) is 4.51. The lowest BCUT2D eigenvalue weighted by atomic mass is 9.85. The third-order valence-corrected chi connectivity index (χ3v) is 4.17. The van der Waals surface area contributed by atoms with Gasteiger partial charge in [0.05, 0.1) is 6.61 Å². The van der Waals surface area contributed by atoms with Crippen molar-refractivity contribution in [2.75, 3.05) is 20.2 Å². The van der Waals surface area contributed by atoms with Crippen LogP contribution in [0.15, 0.2) is 18.2 Å². The number of hydrogen-bond donors (Lipinski definition) is 1.